The normalized spacial score (nSPS) is 11.1. The number of pyridine rings is 1. The second kappa shape index (κ2) is 8.28. The number of carbonyl (C=O) groups is 1. The van der Waals surface area contributed by atoms with Crippen molar-refractivity contribution >= 4 is 33.0 Å². The Kier molecular flexibility index (Phi) is 5.82. The van der Waals surface area contributed by atoms with Crippen LogP contribution in [0, 0.1) is 5.82 Å². The highest BCUT2D eigenvalue weighted by atomic mass is 32.2. The van der Waals surface area contributed by atoms with E-state index < -0.39 is 28.3 Å². The summed E-state index contributed by atoms with van der Waals surface area (Å²) in [5.41, 5.74) is 0.859. The Hall–Kier alpha value is -2.78. The zero-order valence-corrected chi connectivity index (χ0v) is 15.7. The van der Waals surface area contributed by atoms with Gasteiger partial charge in [0.15, 0.2) is 0 Å². The van der Waals surface area contributed by atoms with Gasteiger partial charge >= 0.3 is 0 Å². The van der Waals surface area contributed by atoms with Crippen molar-refractivity contribution in [3.05, 3.63) is 77.7 Å². The first-order chi connectivity index (χ1) is 13.0. The molecule has 0 aliphatic heterocycles. The van der Waals surface area contributed by atoms with E-state index in [2.05, 4.69) is 10.3 Å². The lowest BCUT2D eigenvalue weighted by atomic mass is 10.3. The lowest BCUT2D eigenvalue weighted by Gasteiger charge is -2.23. The summed E-state index contributed by atoms with van der Waals surface area (Å²) in [6, 6.07) is 13.3. The fourth-order valence-corrected chi connectivity index (χ4v) is 4.85. The summed E-state index contributed by atoms with van der Waals surface area (Å²) in [5.74, 6) is -0.989. The van der Waals surface area contributed by atoms with Crippen molar-refractivity contribution in [3.8, 4) is 0 Å². The molecule has 0 saturated heterocycles. The van der Waals surface area contributed by atoms with Gasteiger partial charge in [0.1, 0.15) is 16.6 Å². The molecule has 0 atom stereocenters. The summed E-state index contributed by atoms with van der Waals surface area (Å²) in [6.45, 7) is -0.255. The number of aromatic nitrogens is 1. The van der Waals surface area contributed by atoms with Gasteiger partial charge in [-0.05, 0) is 47.8 Å². The molecule has 2 heterocycles. The molecular formula is C18H16FN3O3S2. The summed E-state index contributed by atoms with van der Waals surface area (Å²) in [7, 11) is -3.95. The maximum atomic E-state index is 13.2. The average Bonchev–Trinajstić information content (AvgIpc) is 3.22. The van der Waals surface area contributed by atoms with Gasteiger partial charge in [0.2, 0.25) is 5.91 Å². The van der Waals surface area contributed by atoms with Gasteiger partial charge in [0, 0.05) is 6.20 Å². The molecule has 0 radical (unpaired) electrons. The highest BCUT2D eigenvalue weighted by Crippen LogP contribution is 2.26. The molecule has 0 saturated carbocycles. The van der Waals surface area contributed by atoms with Crippen LogP contribution in [-0.4, -0.2) is 25.9 Å². The predicted octanol–water partition coefficient (Wildman–Crippen LogP) is 2.79. The number of anilines is 1. The Morgan fingerprint density at radius 3 is 2.52 bits per heavy atom. The van der Waals surface area contributed by atoms with Crippen molar-refractivity contribution < 1.29 is 17.6 Å². The van der Waals surface area contributed by atoms with Crippen molar-refractivity contribution in [2.75, 3.05) is 10.8 Å². The van der Waals surface area contributed by atoms with Crippen molar-refractivity contribution in [2.24, 2.45) is 0 Å². The largest absolute Gasteiger partial charge is 0.349 e. The van der Waals surface area contributed by atoms with E-state index in [1.54, 1.807) is 35.8 Å². The molecule has 0 bridgehead atoms. The third kappa shape index (κ3) is 4.69. The van der Waals surface area contributed by atoms with Gasteiger partial charge < -0.3 is 5.32 Å². The van der Waals surface area contributed by atoms with Gasteiger partial charge in [-0.15, -0.1) is 11.3 Å². The number of thiophene rings is 1. The van der Waals surface area contributed by atoms with E-state index in [0.717, 1.165) is 27.8 Å². The van der Waals surface area contributed by atoms with E-state index in [4.69, 9.17) is 0 Å². The van der Waals surface area contributed by atoms with E-state index >= 15 is 0 Å². The number of nitrogens with zero attached hydrogens (tertiary/aromatic N) is 2. The molecule has 140 valence electrons. The zero-order chi connectivity index (χ0) is 19.3. The molecule has 0 unspecified atom stereocenters. The molecule has 27 heavy (non-hydrogen) atoms. The first-order valence-electron chi connectivity index (χ1n) is 7.95. The van der Waals surface area contributed by atoms with Crippen LogP contribution in [0.25, 0.3) is 0 Å². The van der Waals surface area contributed by atoms with Crippen molar-refractivity contribution in [1.29, 1.82) is 0 Å². The van der Waals surface area contributed by atoms with Crippen LogP contribution in [0.3, 0.4) is 0 Å². The second-order valence-electron chi connectivity index (χ2n) is 5.52. The highest BCUT2D eigenvalue weighted by Gasteiger charge is 2.28. The molecule has 1 N–H and O–H groups in total. The third-order valence-corrected chi connectivity index (χ3v) is 6.78. The van der Waals surface area contributed by atoms with Crippen LogP contribution in [0.4, 0.5) is 10.1 Å². The van der Waals surface area contributed by atoms with Gasteiger partial charge in [-0.25, -0.2) is 12.8 Å². The van der Waals surface area contributed by atoms with E-state index in [1.807, 2.05) is 0 Å². The Morgan fingerprint density at radius 2 is 1.89 bits per heavy atom. The first kappa shape index (κ1) is 19.0. The number of benzene rings is 1. The zero-order valence-electron chi connectivity index (χ0n) is 14.1. The minimum atomic E-state index is -3.95. The topological polar surface area (TPSA) is 79.4 Å². The summed E-state index contributed by atoms with van der Waals surface area (Å²) in [5, 5.41) is 4.29. The highest BCUT2D eigenvalue weighted by molar-refractivity contribution is 7.94. The first-order valence-corrected chi connectivity index (χ1v) is 10.3. The van der Waals surface area contributed by atoms with Crippen LogP contribution < -0.4 is 9.62 Å². The minimum absolute atomic E-state index is 0.101. The van der Waals surface area contributed by atoms with Crippen LogP contribution >= 0.6 is 11.3 Å². The van der Waals surface area contributed by atoms with E-state index in [0.29, 0.717) is 5.69 Å². The number of amides is 1. The monoisotopic (exact) mass is 405 g/mol. The number of rotatable bonds is 7. The van der Waals surface area contributed by atoms with Gasteiger partial charge in [-0.2, -0.15) is 0 Å². The maximum Gasteiger partial charge on any atom is 0.274 e. The lowest BCUT2D eigenvalue weighted by molar-refractivity contribution is -0.119. The van der Waals surface area contributed by atoms with Gasteiger partial charge in [0.05, 0.1) is 17.9 Å². The Labute approximate surface area is 160 Å². The van der Waals surface area contributed by atoms with Crippen LogP contribution in [0.2, 0.25) is 0 Å². The molecule has 0 fully saturated rings. The molecule has 1 aromatic carbocycles. The van der Waals surface area contributed by atoms with Crippen molar-refractivity contribution in [3.63, 3.8) is 0 Å². The fraction of sp³-hybridized carbons (Fsp3) is 0.111. The van der Waals surface area contributed by atoms with Gasteiger partial charge in [-0.3, -0.25) is 14.1 Å². The van der Waals surface area contributed by atoms with E-state index in [9.17, 15) is 17.6 Å². The Bertz CT molecular complexity index is 992. The van der Waals surface area contributed by atoms with E-state index in [-0.39, 0.29) is 16.4 Å². The van der Waals surface area contributed by atoms with Crippen LogP contribution in [0.1, 0.15) is 5.69 Å². The number of carbonyl (C=O) groups excluding carboxylic acids is 1. The molecule has 0 aliphatic rings. The molecule has 0 aliphatic carbocycles. The number of halogens is 1. The second-order valence-corrected chi connectivity index (χ2v) is 8.55. The third-order valence-electron chi connectivity index (χ3n) is 3.63. The van der Waals surface area contributed by atoms with Gasteiger partial charge in [0.25, 0.3) is 10.0 Å². The Morgan fingerprint density at radius 1 is 1.11 bits per heavy atom. The number of hydrogen-bond donors (Lipinski definition) is 1. The molecule has 3 aromatic rings. The molecule has 9 heteroatoms. The summed E-state index contributed by atoms with van der Waals surface area (Å²) in [6.07, 6.45) is 1.60. The SMILES string of the molecule is O=C(CN(c1ccc(F)cc1)S(=O)(=O)c1cccs1)NCc1ccccn1. The van der Waals surface area contributed by atoms with Crippen LogP contribution in [0.5, 0.6) is 0 Å². The van der Waals surface area contributed by atoms with Crippen molar-refractivity contribution in [1.82, 2.24) is 10.3 Å². The lowest BCUT2D eigenvalue weighted by Crippen LogP contribution is -2.40. The predicted molar refractivity (Wildman–Crippen MR) is 101 cm³/mol. The number of hydrogen-bond acceptors (Lipinski definition) is 5. The van der Waals surface area contributed by atoms with Crippen LogP contribution in [0.15, 0.2) is 70.4 Å². The molecule has 2 aromatic heterocycles. The maximum absolute atomic E-state index is 13.2. The molecular weight excluding hydrogens is 389 g/mol. The van der Waals surface area contributed by atoms with Crippen molar-refractivity contribution in [2.45, 2.75) is 10.8 Å². The minimum Gasteiger partial charge on any atom is -0.349 e. The Balaban J connectivity index is 1.82. The summed E-state index contributed by atoms with van der Waals surface area (Å²) < 4.78 is 40.2. The number of sulfonamides is 1. The average molecular weight is 405 g/mol. The summed E-state index contributed by atoms with van der Waals surface area (Å²) >= 11 is 1.05. The fourth-order valence-electron chi connectivity index (χ4n) is 2.32. The molecule has 1 amide bonds. The smallest absolute Gasteiger partial charge is 0.274 e. The molecule has 3 rings (SSSR count). The summed E-state index contributed by atoms with van der Waals surface area (Å²) in [4.78, 5) is 16.5. The van der Waals surface area contributed by atoms with E-state index in [1.165, 1.54) is 18.2 Å². The standard InChI is InChI=1S/C18H16FN3O3S2/c19-14-6-8-16(9-7-14)22(27(24,25)18-5-3-11-26-18)13-17(23)21-12-15-4-1-2-10-20-15/h1-11H,12-13H2,(H,21,23). The quantitative estimate of drug-likeness (QED) is 0.656. The molecule has 6 nitrogen and oxygen atoms in total. The molecule has 0 spiro atoms. The van der Waals surface area contributed by atoms with Crippen LogP contribution in [-0.2, 0) is 21.4 Å². The number of nitrogens with one attached hydrogen (secondary N) is 1. The van der Waals surface area contributed by atoms with Gasteiger partial charge in [-0.1, -0.05) is 12.1 Å².